The first-order valence-corrected chi connectivity index (χ1v) is 6.78. The van der Waals surface area contributed by atoms with E-state index in [1.54, 1.807) is 18.7 Å². The van der Waals surface area contributed by atoms with Gasteiger partial charge in [0.05, 0.1) is 0 Å². The van der Waals surface area contributed by atoms with Gasteiger partial charge in [-0.1, -0.05) is 13.3 Å². The van der Waals surface area contributed by atoms with E-state index in [2.05, 4.69) is 5.32 Å². The summed E-state index contributed by atoms with van der Waals surface area (Å²) in [6.45, 7) is 3.50. The summed E-state index contributed by atoms with van der Waals surface area (Å²) in [5.74, 6) is 0.737. The molecule has 0 spiro atoms. The van der Waals surface area contributed by atoms with Gasteiger partial charge in [0, 0.05) is 11.7 Å². The molecule has 1 aliphatic rings. The van der Waals surface area contributed by atoms with Crippen LogP contribution in [0.4, 0.5) is 0 Å². The van der Waals surface area contributed by atoms with Crippen molar-refractivity contribution in [1.82, 2.24) is 5.32 Å². The van der Waals surface area contributed by atoms with Crippen molar-refractivity contribution in [2.24, 2.45) is 5.92 Å². The smallest absolute Gasteiger partial charge is 0.329 e. The van der Waals surface area contributed by atoms with Gasteiger partial charge in [-0.3, -0.25) is 4.79 Å². The highest BCUT2D eigenvalue weighted by Crippen LogP contribution is 2.24. The topological polar surface area (TPSA) is 66.4 Å². The van der Waals surface area contributed by atoms with E-state index in [0.29, 0.717) is 6.42 Å². The molecule has 16 heavy (non-hydrogen) atoms. The third-order valence-electron chi connectivity index (χ3n) is 2.92. The highest BCUT2D eigenvalue weighted by molar-refractivity contribution is 7.99. The maximum absolute atomic E-state index is 11.9. The predicted octanol–water partition coefficient (Wildman–Crippen LogP) is 1.50. The monoisotopic (exact) mass is 245 g/mol. The summed E-state index contributed by atoms with van der Waals surface area (Å²) in [4.78, 5) is 23.0. The Labute approximate surface area is 100 Å². The minimum absolute atomic E-state index is 0.0134. The Kier molecular flexibility index (Phi) is 4.65. The Balaban J connectivity index is 2.60. The van der Waals surface area contributed by atoms with Gasteiger partial charge in [-0.05, 0) is 25.5 Å². The molecule has 0 aromatic heterocycles. The number of hydrogen-bond donors (Lipinski definition) is 2. The highest BCUT2D eigenvalue weighted by Gasteiger charge is 2.36. The fraction of sp³-hybridized carbons (Fsp3) is 0.818. The molecule has 0 bridgehead atoms. The molecule has 1 amide bonds. The van der Waals surface area contributed by atoms with Crippen molar-refractivity contribution in [1.29, 1.82) is 0 Å². The van der Waals surface area contributed by atoms with Crippen molar-refractivity contribution in [3.8, 4) is 0 Å². The Hall–Kier alpha value is -0.710. The minimum Gasteiger partial charge on any atom is -0.480 e. The molecule has 0 radical (unpaired) electrons. The van der Waals surface area contributed by atoms with Crippen molar-refractivity contribution in [3.05, 3.63) is 0 Å². The van der Waals surface area contributed by atoms with Crippen LogP contribution in [-0.4, -0.2) is 34.0 Å². The number of carboxylic acid groups (broad SMARTS) is 1. The molecular weight excluding hydrogens is 226 g/mol. The van der Waals surface area contributed by atoms with E-state index in [1.165, 1.54) is 0 Å². The lowest BCUT2D eigenvalue weighted by Crippen LogP contribution is -2.53. The van der Waals surface area contributed by atoms with Gasteiger partial charge >= 0.3 is 5.97 Å². The number of thioether (sulfide) groups is 1. The molecule has 1 heterocycles. The maximum atomic E-state index is 11.9. The van der Waals surface area contributed by atoms with Gasteiger partial charge in [0.1, 0.15) is 5.54 Å². The average Bonchev–Trinajstić information content (AvgIpc) is 2.70. The first-order chi connectivity index (χ1) is 7.49. The van der Waals surface area contributed by atoms with E-state index in [9.17, 15) is 9.59 Å². The van der Waals surface area contributed by atoms with Gasteiger partial charge < -0.3 is 10.4 Å². The molecular formula is C11H19NO3S. The number of aliphatic carboxylic acids is 1. The normalized spacial score (nSPS) is 23.8. The van der Waals surface area contributed by atoms with Crippen molar-refractivity contribution >= 4 is 23.6 Å². The van der Waals surface area contributed by atoms with Crippen molar-refractivity contribution < 1.29 is 14.7 Å². The summed E-state index contributed by atoms with van der Waals surface area (Å²) in [5, 5.41) is 11.8. The Morgan fingerprint density at radius 2 is 2.25 bits per heavy atom. The molecule has 92 valence electrons. The van der Waals surface area contributed by atoms with E-state index in [4.69, 9.17) is 5.11 Å². The molecule has 1 rings (SSSR count). The molecule has 2 unspecified atom stereocenters. The number of nitrogens with one attached hydrogen (secondary N) is 1. The standard InChI is InChI=1S/C11H19NO3S/c1-3-5-11(2,10(14)15)12-9(13)8-4-6-16-7-8/h8H,3-7H2,1-2H3,(H,12,13)(H,14,15). The Bertz CT molecular complexity index is 276. The fourth-order valence-electron chi connectivity index (χ4n) is 1.84. The van der Waals surface area contributed by atoms with Gasteiger partial charge in [0.2, 0.25) is 5.91 Å². The van der Waals surface area contributed by atoms with Crippen LogP contribution in [0.2, 0.25) is 0 Å². The summed E-state index contributed by atoms with van der Waals surface area (Å²) < 4.78 is 0. The number of amides is 1. The van der Waals surface area contributed by atoms with Gasteiger partial charge in [0.25, 0.3) is 0 Å². The van der Waals surface area contributed by atoms with E-state index in [-0.39, 0.29) is 11.8 Å². The van der Waals surface area contributed by atoms with Crippen LogP contribution in [0.3, 0.4) is 0 Å². The molecule has 5 heteroatoms. The second-order valence-electron chi connectivity index (χ2n) is 4.44. The first kappa shape index (κ1) is 13.4. The van der Waals surface area contributed by atoms with Crippen LogP contribution in [0.5, 0.6) is 0 Å². The largest absolute Gasteiger partial charge is 0.480 e. The number of carboxylic acids is 1. The highest BCUT2D eigenvalue weighted by atomic mass is 32.2. The second kappa shape index (κ2) is 5.57. The lowest BCUT2D eigenvalue weighted by Gasteiger charge is -2.27. The van der Waals surface area contributed by atoms with E-state index in [1.807, 2.05) is 6.92 Å². The van der Waals surface area contributed by atoms with Crippen LogP contribution in [0, 0.1) is 5.92 Å². The molecule has 0 aliphatic carbocycles. The zero-order chi connectivity index (χ0) is 12.2. The number of carbonyl (C=O) groups excluding carboxylic acids is 1. The van der Waals surface area contributed by atoms with Gasteiger partial charge in [0.15, 0.2) is 0 Å². The summed E-state index contributed by atoms with van der Waals surface area (Å²) in [5.41, 5.74) is -1.11. The summed E-state index contributed by atoms with van der Waals surface area (Å²) >= 11 is 1.75. The Morgan fingerprint density at radius 1 is 1.56 bits per heavy atom. The van der Waals surface area contributed by atoms with Gasteiger partial charge in [-0.15, -0.1) is 0 Å². The lowest BCUT2D eigenvalue weighted by atomic mass is 9.95. The van der Waals surface area contributed by atoms with Crippen LogP contribution in [0.15, 0.2) is 0 Å². The minimum atomic E-state index is -1.11. The molecule has 0 aromatic carbocycles. The summed E-state index contributed by atoms with van der Waals surface area (Å²) in [7, 11) is 0. The van der Waals surface area contributed by atoms with E-state index < -0.39 is 11.5 Å². The zero-order valence-electron chi connectivity index (χ0n) is 9.78. The molecule has 2 atom stereocenters. The number of carbonyl (C=O) groups is 2. The zero-order valence-corrected chi connectivity index (χ0v) is 10.6. The Morgan fingerprint density at radius 3 is 2.69 bits per heavy atom. The molecule has 0 saturated carbocycles. The van der Waals surface area contributed by atoms with Crippen molar-refractivity contribution in [3.63, 3.8) is 0 Å². The molecule has 0 aromatic rings. The summed E-state index contributed by atoms with van der Waals surface area (Å²) in [6.07, 6.45) is 2.06. The van der Waals surface area contributed by atoms with Crippen LogP contribution >= 0.6 is 11.8 Å². The lowest BCUT2D eigenvalue weighted by molar-refractivity contribution is -0.147. The number of rotatable bonds is 5. The van der Waals surface area contributed by atoms with E-state index >= 15 is 0 Å². The fourth-order valence-corrected chi connectivity index (χ4v) is 3.06. The van der Waals surface area contributed by atoms with Crippen LogP contribution < -0.4 is 5.32 Å². The third kappa shape index (κ3) is 3.14. The van der Waals surface area contributed by atoms with Crippen LogP contribution in [0.1, 0.15) is 33.1 Å². The molecule has 1 aliphatic heterocycles. The van der Waals surface area contributed by atoms with E-state index in [0.717, 1.165) is 24.3 Å². The first-order valence-electron chi connectivity index (χ1n) is 5.63. The summed E-state index contributed by atoms with van der Waals surface area (Å²) in [6, 6.07) is 0. The molecule has 1 saturated heterocycles. The van der Waals surface area contributed by atoms with Gasteiger partial charge in [-0.25, -0.2) is 4.79 Å². The van der Waals surface area contributed by atoms with Crippen LogP contribution in [0.25, 0.3) is 0 Å². The van der Waals surface area contributed by atoms with Gasteiger partial charge in [-0.2, -0.15) is 11.8 Å². The molecule has 2 N–H and O–H groups in total. The van der Waals surface area contributed by atoms with Crippen molar-refractivity contribution in [2.75, 3.05) is 11.5 Å². The second-order valence-corrected chi connectivity index (χ2v) is 5.59. The average molecular weight is 245 g/mol. The van der Waals surface area contributed by atoms with Crippen molar-refractivity contribution in [2.45, 2.75) is 38.6 Å². The predicted molar refractivity (Wildman–Crippen MR) is 64.5 cm³/mol. The molecule has 4 nitrogen and oxygen atoms in total. The number of hydrogen-bond acceptors (Lipinski definition) is 3. The third-order valence-corrected chi connectivity index (χ3v) is 4.08. The maximum Gasteiger partial charge on any atom is 0.329 e. The molecule has 1 fully saturated rings. The quantitative estimate of drug-likeness (QED) is 0.770. The SMILES string of the molecule is CCCC(C)(NC(=O)C1CCSC1)C(=O)O. The van der Waals surface area contributed by atoms with Crippen LogP contribution in [-0.2, 0) is 9.59 Å².